The van der Waals surface area contributed by atoms with E-state index in [-0.39, 0.29) is 10.6 Å². The van der Waals surface area contributed by atoms with Gasteiger partial charge in [0.2, 0.25) is 5.82 Å². The molecule has 2 aromatic heterocycles. The molecule has 0 spiro atoms. The van der Waals surface area contributed by atoms with E-state index in [0.717, 1.165) is 5.56 Å². The Balaban J connectivity index is 2.28. The average molecular weight is 280 g/mol. The van der Waals surface area contributed by atoms with Crippen LogP contribution in [-0.2, 0) is 13.1 Å². The minimum Gasteiger partial charge on any atom is -0.360 e. The van der Waals surface area contributed by atoms with Gasteiger partial charge in [0.1, 0.15) is 5.69 Å². The van der Waals surface area contributed by atoms with Gasteiger partial charge in [-0.2, -0.15) is 16.4 Å². The summed E-state index contributed by atoms with van der Waals surface area (Å²) in [5.74, 6) is 0.482. The Morgan fingerprint density at radius 3 is 2.74 bits per heavy atom. The molecule has 0 fully saturated rings. The fourth-order valence-corrected chi connectivity index (χ4v) is 2.80. The largest absolute Gasteiger partial charge is 0.360 e. The highest BCUT2D eigenvalue weighted by Gasteiger charge is 2.24. The summed E-state index contributed by atoms with van der Waals surface area (Å²) in [6.45, 7) is 6.77. The second-order valence-corrected chi connectivity index (χ2v) is 5.03. The molecule has 0 aromatic carbocycles. The number of nitro groups is 1. The molecule has 0 aliphatic heterocycles. The van der Waals surface area contributed by atoms with Crippen molar-refractivity contribution in [3.63, 3.8) is 0 Å². The summed E-state index contributed by atoms with van der Waals surface area (Å²) in [4.78, 5) is 10.7. The molecule has 0 aliphatic carbocycles. The van der Waals surface area contributed by atoms with Gasteiger partial charge >= 0.3 is 5.69 Å². The Labute approximate surface area is 115 Å². The number of nitrogens with zero attached hydrogens (tertiary/aromatic N) is 3. The van der Waals surface area contributed by atoms with Gasteiger partial charge in [0.05, 0.1) is 4.92 Å². The number of aromatic nitrogens is 2. The predicted octanol–water partition coefficient (Wildman–Crippen LogP) is 3.10. The van der Waals surface area contributed by atoms with Gasteiger partial charge in [0, 0.05) is 13.1 Å². The number of anilines is 1. The molecule has 7 heteroatoms. The van der Waals surface area contributed by atoms with Crippen molar-refractivity contribution < 1.29 is 4.92 Å². The lowest BCUT2D eigenvalue weighted by molar-refractivity contribution is -0.384. The fraction of sp³-hybridized carbons (Fsp3) is 0.417. The zero-order valence-electron chi connectivity index (χ0n) is 11.1. The molecule has 2 rings (SSSR count). The first-order chi connectivity index (χ1) is 9.04. The van der Waals surface area contributed by atoms with Crippen molar-refractivity contribution in [2.45, 2.75) is 33.9 Å². The van der Waals surface area contributed by atoms with Crippen molar-refractivity contribution >= 4 is 22.8 Å². The molecule has 0 saturated heterocycles. The monoisotopic (exact) mass is 280 g/mol. The topological polar surface area (TPSA) is 73.0 Å². The zero-order valence-corrected chi connectivity index (χ0v) is 12.0. The van der Waals surface area contributed by atoms with Crippen LogP contribution in [0.4, 0.5) is 11.5 Å². The minimum absolute atomic E-state index is 0.0646. The van der Waals surface area contributed by atoms with E-state index in [9.17, 15) is 10.1 Å². The van der Waals surface area contributed by atoms with Crippen molar-refractivity contribution in [3.05, 3.63) is 37.7 Å². The first-order valence-corrected chi connectivity index (χ1v) is 6.96. The van der Waals surface area contributed by atoms with Crippen LogP contribution in [0.15, 0.2) is 10.8 Å². The maximum Gasteiger partial charge on any atom is 0.333 e. The molecule has 0 amide bonds. The summed E-state index contributed by atoms with van der Waals surface area (Å²) in [6, 6.07) is 0. The van der Waals surface area contributed by atoms with Crippen LogP contribution < -0.4 is 5.32 Å². The van der Waals surface area contributed by atoms with E-state index in [4.69, 9.17) is 0 Å². The SMILES string of the molecule is CCn1nc(C)c([N+](=O)[O-])c1NCc1cscc1C. The third-order valence-corrected chi connectivity index (χ3v) is 3.90. The third-order valence-electron chi connectivity index (χ3n) is 2.99. The Bertz CT molecular complexity index is 603. The molecular weight excluding hydrogens is 264 g/mol. The summed E-state index contributed by atoms with van der Waals surface area (Å²) >= 11 is 1.63. The number of hydrogen-bond donors (Lipinski definition) is 1. The molecule has 19 heavy (non-hydrogen) atoms. The van der Waals surface area contributed by atoms with Crippen LogP contribution in [0.5, 0.6) is 0 Å². The first-order valence-electron chi connectivity index (χ1n) is 6.02. The van der Waals surface area contributed by atoms with Gasteiger partial charge in [-0.15, -0.1) is 0 Å². The van der Waals surface area contributed by atoms with E-state index in [1.807, 2.05) is 19.2 Å². The maximum atomic E-state index is 11.1. The molecule has 2 aromatic rings. The summed E-state index contributed by atoms with van der Waals surface area (Å²) < 4.78 is 1.63. The van der Waals surface area contributed by atoms with E-state index in [1.165, 1.54) is 5.56 Å². The molecule has 0 unspecified atom stereocenters. The summed E-state index contributed by atoms with van der Waals surface area (Å²) in [5.41, 5.74) is 2.85. The van der Waals surface area contributed by atoms with E-state index < -0.39 is 0 Å². The van der Waals surface area contributed by atoms with Crippen LogP contribution in [-0.4, -0.2) is 14.7 Å². The van der Waals surface area contributed by atoms with E-state index >= 15 is 0 Å². The lowest BCUT2D eigenvalue weighted by atomic mass is 10.2. The maximum absolute atomic E-state index is 11.1. The van der Waals surface area contributed by atoms with Crippen molar-refractivity contribution in [2.24, 2.45) is 0 Å². The fourth-order valence-electron chi connectivity index (χ4n) is 1.94. The summed E-state index contributed by atoms with van der Waals surface area (Å²) in [6.07, 6.45) is 0. The quantitative estimate of drug-likeness (QED) is 0.674. The molecule has 2 heterocycles. The van der Waals surface area contributed by atoms with E-state index in [1.54, 1.807) is 22.9 Å². The Morgan fingerprint density at radius 2 is 2.21 bits per heavy atom. The predicted molar refractivity (Wildman–Crippen MR) is 75.7 cm³/mol. The van der Waals surface area contributed by atoms with Gasteiger partial charge in [-0.1, -0.05) is 0 Å². The molecular formula is C12H16N4O2S. The standard InChI is InChI=1S/C12H16N4O2S/c1-4-15-12(11(16(17)18)9(3)14-15)13-5-10-7-19-6-8(10)2/h6-7,13H,4-5H2,1-3H3. The number of rotatable bonds is 5. The van der Waals surface area contributed by atoms with Crippen molar-refractivity contribution in [1.29, 1.82) is 0 Å². The minimum atomic E-state index is -0.378. The molecule has 0 bridgehead atoms. The lowest BCUT2D eigenvalue weighted by Gasteiger charge is -2.07. The summed E-state index contributed by atoms with van der Waals surface area (Å²) in [5, 5.41) is 22.6. The van der Waals surface area contributed by atoms with Crippen LogP contribution in [0.3, 0.4) is 0 Å². The average Bonchev–Trinajstić information content (AvgIpc) is 2.90. The van der Waals surface area contributed by atoms with Gasteiger partial charge in [-0.3, -0.25) is 10.1 Å². The highest BCUT2D eigenvalue weighted by molar-refractivity contribution is 7.08. The highest BCUT2D eigenvalue weighted by Crippen LogP contribution is 2.29. The Morgan fingerprint density at radius 1 is 1.47 bits per heavy atom. The van der Waals surface area contributed by atoms with Gasteiger partial charge in [-0.25, -0.2) is 4.68 Å². The molecule has 0 aliphatic rings. The number of hydrogen-bond acceptors (Lipinski definition) is 5. The number of aryl methyl sites for hydroxylation is 3. The highest BCUT2D eigenvalue weighted by atomic mass is 32.1. The molecule has 0 radical (unpaired) electrons. The van der Waals surface area contributed by atoms with E-state index in [2.05, 4.69) is 15.8 Å². The number of thiophene rings is 1. The molecule has 0 saturated carbocycles. The van der Waals surface area contributed by atoms with Crippen LogP contribution in [0.2, 0.25) is 0 Å². The second-order valence-electron chi connectivity index (χ2n) is 4.29. The van der Waals surface area contributed by atoms with Crippen molar-refractivity contribution in [1.82, 2.24) is 9.78 Å². The van der Waals surface area contributed by atoms with Gasteiger partial charge in [-0.05, 0) is 42.7 Å². The Hall–Kier alpha value is -1.89. The normalized spacial score (nSPS) is 10.7. The third kappa shape index (κ3) is 2.60. The van der Waals surface area contributed by atoms with Crippen LogP contribution in [0, 0.1) is 24.0 Å². The smallest absolute Gasteiger partial charge is 0.333 e. The first kappa shape index (κ1) is 13.5. The van der Waals surface area contributed by atoms with Crippen LogP contribution in [0.1, 0.15) is 23.7 Å². The Kier molecular flexibility index (Phi) is 3.84. The second kappa shape index (κ2) is 5.40. The zero-order chi connectivity index (χ0) is 14.0. The van der Waals surface area contributed by atoms with Crippen LogP contribution in [0.25, 0.3) is 0 Å². The van der Waals surface area contributed by atoms with Crippen molar-refractivity contribution in [3.8, 4) is 0 Å². The molecule has 0 atom stereocenters. The van der Waals surface area contributed by atoms with Crippen LogP contribution >= 0.6 is 11.3 Å². The lowest BCUT2D eigenvalue weighted by Crippen LogP contribution is -2.08. The van der Waals surface area contributed by atoms with Gasteiger partial charge < -0.3 is 5.32 Å². The molecule has 6 nitrogen and oxygen atoms in total. The number of nitrogens with one attached hydrogen (secondary N) is 1. The van der Waals surface area contributed by atoms with Gasteiger partial charge in [0.25, 0.3) is 0 Å². The van der Waals surface area contributed by atoms with Gasteiger partial charge in [0.15, 0.2) is 0 Å². The molecule has 102 valence electrons. The molecule has 1 N–H and O–H groups in total. The van der Waals surface area contributed by atoms with Crippen molar-refractivity contribution in [2.75, 3.05) is 5.32 Å². The summed E-state index contributed by atoms with van der Waals surface area (Å²) in [7, 11) is 0. The van der Waals surface area contributed by atoms with E-state index in [0.29, 0.717) is 24.6 Å².